The predicted octanol–water partition coefficient (Wildman–Crippen LogP) is 1.49. The van der Waals surface area contributed by atoms with Gasteiger partial charge in [-0.2, -0.15) is 4.31 Å². The van der Waals surface area contributed by atoms with Crippen LogP contribution in [-0.2, 0) is 21.2 Å². The lowest BCUT2D eigenvalue weighted by Crippen LogP contribution is -2.54. The molecule has 1 aliphatic rings. The lowest BCUT2D eigenvalue weighted by atomic mass is 10.1. The summed E-state index contributed by atoms with van der Waals surface area (Å²) in [6.07, 6.45) is 0.882. The van der Waals surface area contributed by atoms with Crippen LogP contribution in [0.15, 0.2) is 23.2 Å². The average Bonchev–Trinajstić information content (AvgIpc) is 2.72. The monoisotopic (exact) mass is 440 g/mol. The molecule has 170 valence electrons. The highest BCUT2D eigenvalue weighted by molar-refractivity contribution is 7.89. The molecular weight excluding hydrogens is 404 g/mol. The van der Waals surface area contributed by atoms with Crippen LogP contribution in [-0.4, -0.2) is 88.9 Å². The molecule has 1 aromatic rings. The van der Waals surface area contributed by atoms with Crippen molar-refractivity contribution < 1.29 is 17.9 Å². The van der Waals surface area contributed by atoms with Gasteiger partial charge in [0.15, 0.2) is 5.96 Å². The van der Waals surface area contributed by atoms with Crippen molar-refractivity contribution in [3.63, 3.8) is 0 Å². The summed E-state index contributed by atoms with van der Waals surface area (Å²) in [6.45, 7) is 8.94. The van der Waals surface area contributed by atoms with E-state index < -0.39 is 10.0 Å². The van der Waals surface area contributed by atoms with E-state index in [1.54, 1.807) is 18.5 Å². The zero-order chi connectivity index (χ0) is 22.1. The van der Waals surface area contributed by atoms with Gasteiger partial charge in [-0.15, -0.1) is 0 Å². The van der Waals surface area contributed by atoms with Crippen LogP contribution in [0.3, 0.4) is 0 Å². The molecule has 1 heterocycles. The van der Waals surface area contributed by atoms with Crippen molar-refractivity contribution in [2.75, 3.05) is 59.2 Å². The van der Waals surface area contributed by atoms with Gasteiger partial charge in [-0.3, -0.25) is 4.99 Å². The van der Waals surface area contributed by atoms with Crippen LogP contribution in [0.1, 0.15) is 25.0 Å². The van der Waals surface area contributed by atoms with Crippen LogP contribution in [0, 0.1) is 6.92 Å². The van der Waals surface area contributed by atoms with Crippen LogP contribution in [0.25, 0.3) is 0 Å². The molecule has 0 saturated carbocycles. The fraction of sp³-hybridized carbons (Fsp3) is 0.667. The van der Waals surface area contributed by atoms with Crippen LogP contribution < -0.4 is 10.1 Å². The largest absolute Gasteiger partial charge is 0.496 e. The van der Waals surface area contributed by atoms with E-state index in [1.165, 1.54) is 5.56 Å². The van der Waals surface area contributed by atoms with Gasteiger partial charge in [0.1, 0.15) is 5.75 Å². The number of rotatable bonds is 9. The highest BCUT2D eigenvalue weighted by Gasteiger charge is 2.27. The van der Waals surface area contributed by atoms with Crippen LogP contribution in [0.2, 0.25) is 0 Å². The molecule has 1 aliphatic heterocycles. The molecule has 0 unspecified atom stereocenters. The number of aryl methyl sites for hydroxylation is 1. The van der Waals surface area contributed by atoms with Gasteiger partial charge in [-0.05, 0) is 44.4 Å². The summed E-state index contributed by atoms with van der Waals surface area (Å²) in [7, 11) is 0.149. The Labute approximate surface area is 181 Å². The fourth-order valence-corrected chi connectivity index (χ4v) is 4.65. The molecule has 0 bridgehead atoms. The number of piperazine rings is 1. The molecular formula is C21H36N4O4S. The smallest absolute Gasteiger partial charge is 0.216 e. The molecule has 0 amide bonds. The highest BCUT2D eigenvalue weighted by Crippen LogP contribution is 2.19. The first-order valence-electron chi connectivity index (χ1n) is 10.5. The molecule has 1 saturated heterocycles. The van der Waals surface area contributed by atoms with E-state index in [-0.39, 0.29) is 18.5 Å². The van der Waals surface area contributed by atoms with E-state index in [0.717, 1.165) is 30.2 Å². The van der Waals surface area contributed by atoms with E-state index >= 15 is 0 Å². The molecule has 1 fully saturated rings. The lowest BCUT2D eigenvalue weighted by Gasteiger charge is -2.35. The topological polar surface area (TPSA) is 83.5 Å². The lowest BCUT2D eigenvalue weighted by molar-refractivity contribution is 0.0904. The number of aliphatic imine (C=N–C) groups is 1. The van der Waals surface area contributed by atoms with Gasteiger partial charge >= 0.3 is 0 Å². The molecule has 0 atom stereocenters. The first-order valence-corrected chi connectivity index (χ1v) is 12.1. The van der Waals surface area contributed by atoms with E-state index in [1.807, 2.05) is 20.8 Å². The SMILES string of the molecule is CN=C(NCCc1ccc(C)c(OC)c1)N1CCN(S(=O)(=O)CCOC(C)C)CC1. The minimum atomic E-state index is -3.29. The zero-order valence-electron chi connectivity index (χ0n) is 18.8. The molecule has 1 N–H and O–H groups in total. The highest BCUT2D eigenvalue weighted by atomic mass is 32.2. The van der Waals surface area contributed by atoms with Gasteiger partial charge in [-0.1, -0.05) is 12.1 Å². The average molecular weight is 441 g/mol. The summed E-state index contributed by atoms with van der Waals surface area (Å²) in [6, 6.07) is 6.23. The third kappa shape index (κ3) is 7.14. The fourth-order valence-electron chi connectivity index (χ4n) is 3.37. The Morgan fingerprint density at radius 3 is 2.53 bits per heavy atom. The number of nitrogens with zero attached hydrogens (tertiary/aromatic N) is 3. The quantitative estimate of drug-likeness (QED) is 0.463. The van der Waals surface area contributed by atoms with Gasteiger partial charge in [0.25, 0.3) is 0 Å². The molecule has 1 aromatic carbocycles. The van der Waals surface area contributed by atoms with Crippen molar-refractivity contribution in [3.05, 3.63) is 29.3 Å². The number of sulfonamides is 1. The second-order valence-electron chi connectivity index (χ2n) is 7.65. The molecule has 0 aliphatic carbocycles. The second-order valence-corrected chi connectivity index (χ2v) is 9.74. The maximum absolute atomic E-state index is 12.5. The number of nitrogens with one attached hydrogen (secondary N) is 1. The van der Waals surface area contributed by atoms with Crippen molar-refractivity contribution in [2.24, 2.45) is 4.99 Å². The molecule has 0 radical (unpaired) electrons. The van der Waals surface area contributed by atoms with E-state index in [9.17, 15) is 8.42 Å². The van der Waals surface area contributed by atoms with Crippen molar-refractivity contribution in [1.29, 1.82) is 0 Å². The molecule has 2 rings (SSSR count). The number of ether oxygens (including phenoxy) is 2. The Hall–Kier alpha value is -1.84. The summed E-state index contributed by atoms with van der Waals surface area (Å²) in [5, 5.41) is 3.39. The summed E-state index contributed by atoms with van der Waals surface area (Å²) < 4.78 is 37.3. The van der Waals surface area contributed by atoms with Gasteiger partial charge in [0, 0.05) is 39.8 Å². The minimum absolute atomic E-state index is 0.0260. The second kappa shape index (κ2) is 11.5. The Balaban J connectivity index is 1.81. The number of hydrogen-bond acceptors (Lipinski definition) is 5. The minimum Gasteiger partial charge on any atom is -0.496 e. The summed E-state index contributed by atoms with van der Waals surface area (Å²) >= 11 is 0. The van der Waals surface area contributed by atoms with Crippen molar-refractivity contribution in [1.82, 2.24) is 14.5 Å². The third-order valence-corrected chi connectivity index (χ3v) is 6.94. The van der Waals surface area contributed by atoms with Gasteiger partial charge in [0.05, 0.1) is 25.6 Å². The van der Waals surface area contributed by atoms with Crippen molar-refractivity contribution >= 4 is 16.0 Å². The van der Waals surface area contributed by atoms with Crippen LogP contribution >= 0.6 is 0 Å². The Morgan fingerprint density at radius 2 is 1.93 bits per heavy atom. The number of benzene rings is 1. The van der Waals surface area contributed by atoms with E-state index in [0.29, 0.717) is 26.2 Å². The molecule has 9 heteroatoms. The maximum atomic E-state index is 12.5. The predicted molar refractivity (Wildman–Crippen MR) is 121 cm³/mol. The van der Waals surface area contributed by atoms with Gasteiger partial charge in [0.2, 0.25) is 10.0 Å². The van der Waals surface area contributed by atoms with E-state index in [2.05, 4.69) is 33.4 Å². The van der Waals surface area contributed by atoms with Gasteiger partial charge < -0.3 is 19.7 Å². The Bertz CT molecular complexity index is 803. The maximum Gasteiger partial charge on any atom is 0.216 e. The standard InChI is InChI=1S/C21H36N4O4S/c1-17(2)29-14-15-30(26,27)25-12-10-24(11-13-25)21(22-4)23-9-8-19-7-6-18(3)20(16-19)28-5/h6-7,16-17H,8-15H2,1-5H3,(H,22,23). The first kappa shape index (κ1) is 24.4. The normalized spacial score (nSPS) is 16.2. The van der Waals surface area contributed by atoms with Crippen LogP contribution in [0.4, 0.5) is 0 Å². The third-order valence-electron chi connectivity index (χ3n) is 5.11. The molecule has 0 aromatic heterocycles. The number of methoxy groups -OCH3 is 1. The number of hydrogen-bond donors (Lipinski definition) is 1. The zero-order valence-corrected chi connectivity index (χ0v) is 19.7. The molecule has 0 spiro atoms. The van der Waals surface area contributed by atoms with E-state index in [4.69, 9.17) is 9.47 Å². The van der Waals surface area contributed by atoms with Crippen LogP contribution in [0.5, 0.6) is 5.75 Å². The first-order chi connectivity index (χ1) is 14.3. The summed E-state index contributed by atoms with van der Waals surface area (Å²) in [4.78, 5) is 6.47. The van der Waals surface area contributed by atoms with Gasteiger partial charge in [-0.25, -0.2) is 8.42 Å². The Kier molecular flexibility index (Phi) is 9.38. The van der Waals surface area contributed by atoms with Crippen molar-refractivity contribution in [2.45, 2.75) is 33.3 Å². The number of guanidine groups is 1. The summed E-state index contributed by atoms with van der Waals surface area (Å²) in [5.74, 6) is 1.72. The Morgan fingerprint density at radius 1 is 1.23 bits per heavy atom. The summed E-state index contributed by atoms with van der Waals surface area (Å²) in [5.41, 5.74) is 2.31. The molecule has 30 heavy (non-hydrogen) atoms. The van der Waals surface area contributed by atoms with Crippen molar-refractivity contribution in [3.8, 4) is 5.75 Å². The molecule has 8 nitrogen and oxygen atoms in total.